The first-order valence-corrected chi connectivity index (χ1v) is 9.96. The van der Waals surface area contributed by atoms with Crippen molar-refractivity contribution < 1.29 is 4.74 Å². The molecule has 0 aliphatic rings. The summed E-state index contributed by atoms with van der Waals surface area (Å²) in [7, 11) is 3.50. The van der Waals surface area contributed by atoms with Crippen LogP contribution in [0.25, 0.3) is 0 Å². The number of aliphatic imine (C=N–C) groups is 1. The number of nitrogens with zero attached hydrogens (tertiary/aromatic N) is 2. The lowest BCUT2D eigenvalue weighted by Crippen LogP contribution is -2.38. The van der Waals surface area contributed by atoms with Crippen molar-refractivity contribution in [1.82, 2.24) is 15.6 Å². The second-order valence-corrected chi connectivity index (χ2v) is 6.74. The molecule has 0 fully saturated rings. The van der Waals surface area contributed by atoms with Crippen LogP contribution >= 0.6 is 24.0 Å². The molecule has 0 amide bonds. The Kier molecular flexibility index (Phi) is 12.8. The van der Waals surface area contributed by atoms with Gasteiger partial charge < -0.3 is 20.7 Å². The zero-order chi connectivity index (χ0) is 20.0. The minimum atomic E-state index is 0. The van der Waals surface area contributed by atoms with Crippen molar-refractivity contribution in [3.05, 3.63) is 54.2 Å². The van der Waals surface area contributed by atoms with Crippen LogP contribution in [0.2, 0.25) is 0 Å². The normalized spacial score (nSPS) is 11.9. The zero-order valence-corrected chi connectivity index (χ0v) is 20.0. The number of hydrogen-bond acceptors (Lipinski definition) is 4. The van der Waals surface area contributed by atoms with Crippen molar-refractivity contribution in [3.8, 4) is 5.75 Å². The number of aromatic nitrogens is 1. The van der Waals surface area contributed by atoms with Gasteiger partial charge in [-0.25, -0.2) is 4.98 Å². The molecular formula is C22H34IN5O. The first-order chi connectivity index (χ1) is 13.7. The zero-order valence-electron chi connectivity index (χ0n) is 17.6. The maximum atomic E-state index is 5.22. The number of methoxy groups -OCH3 is 1. The van der Waals surface area contributed by atoms with Crippen LogP contribution in [-0.4, -0.2) is 44.7 Å². The molecule has 1 aromatic carbocycles. The molecule has 3 N–H and O–H groups in total. The largest absolute Gasteiger partial charge is 0.497 e. The van der Waals surface area contributed by atoms with Crippen molar-refractivity contribution >= 4 is 35.8 Å². The van der Waals surface area contributed by atoms with E-state index in [9.17, 15) is 0 Å². The summed E-state index contributed by atoms with van der Waals surface area (Å²) in [5, 5.41) is 10.1. The molecule has 1 aromatic heterocycles. The monoisotopic (exact) mass is 511 g/mol. The van der Waals surface area contributed by atoms with Gasteiger partial charge in [-0.2, -0.15) is 0 Å². The lowest BCUT2D eigenvalue weighted by Gasteiger charge is -2.15. The van der Waals surface area contributed by atoms with Gasteiger partial charge in [0.05, 0.1) is 7.11 Å². The van der Waals surface area contributed by atoms with Crippen LogP contribution < -0.4 is 20.7 Å². The van der Waals surface area contributed by atoms with Crippen molar-refractivity contribution in [2.75, 3.05) is 39.1 Å². The van der Waals surface area contributed by atoms with E-state index >= 15 is 0 Å². The summed E-state index contributed by atoms with van der Waals surface area (Å²) >= 11 is 0. The number of hydrogen-bond donors (Lipinski definition) is 3. The summed E-state index contributed by atoms with van der Waals surface area (Å²) in [6.45, 7) is 4.95. The van der Waals surface area contributed by atoms with E-state index in [1.807, 2.05) is 37.4 Å². The third kappa shape index (κ3) is 9.83. The number of guanidine groups is 1. The predicted molar refractivity (Wildman–Crippen MR) is 133 cm³/mol. The Bertz CT molecular complexity index is 694. The fraction of sp³-hybridized carbons (Fsp3) is 0.455. The van der Waals surface area contributed by atoms with Gasteiger partial charge in [0.2, 0.25) is 0 Å². The first kappa shape index (κ1) is 25.0. The summed E-state index contributed by atoms with van der Waals surface area (Å²) < 4.78 is 5.22. The topological polar surface area (TPSA) is 70.6 Å². The quantitative estimate of drug-likeness (QED) is 0.182. The maximum absolute atomic E-state index is 5.22. The molecule has 29 heavy (non-hydrogen) atoms. The van der Waals surface area contributed by atoms with Crippen LogP contribution in [0.15, 0.2) is 53.7 Å². The van der Waals surface area contributed by atoms with Crippen LogP contribution in [0.5, 0.6) is 5.75 Å². The SMILES string of the molecule is CN=C(NCCCCNc1ccccn1)NCCC(C)c1ccc(OC)cc1.I. The van der Waals surface area contributed by atoms with E-state index in [-0.39, 0.29) is 24.0 Å². The number of benzene rings is 1. The molecule has 1 unspecified atom stereocenters. The number of pyridine rings is 1. The summed E-state index contributed by atoms with van der Waals surface area (Å²) in [5.74, 6) is 3.17. The molecule has 160 valence electrons. The minimum absolute atomic E-state index is 0. The van der Waals surface area contributed by atoms with Crippen LogP contribution in [-0.2, 0) is 0 Å². The number of nitrogens with one attached hydrogen (secondary N) is 3. The Labute approximate surface area is 192 Å². The van der Waals surface area contributed by atoms with E-state index in [0.29, 0.717) is 5.92 Å². The highest BCUT2D eigenvalue weighted by Gasteiger charge is 2.06. The second-order valence-electron chi connectivity index (χ2n) is 6.74. The van der Waals surface area contributed by atoms with Crippen LogP contribution in [0, 0.1) is 0 Å². The molecule has 0 radical (unpaired) electrons. The molecule has 2 rings (SSSR count). The van der Waals surface area contributed by atoms with E-state index in [1.54, 1.807) is 13.3 Å². The van der Waals surface area contributed by atoms with Gasteiger partial charge in [0.15, 0.2) is 5.96 Å². The molecule has 0 saturated heterocycles. The highest BCUT2D eigenvalue weighted by atomic mass is 127. The van der Waals surface area contributed by atoms with Gasteiger partial charge >= 0.3 is 0 Å². The predicted octanol–water partition coefficient (Wildman–Crippen LogP) is 4.26. The molecule has 0 aliphatic heterocycles. The smallest absolute Gasteiger partial charge is 0.190 e. The third-order valence-electron chi connectivity index (χ3n) is 4.65. The van der Waals surface area contributed by atoms with Gasteiger partial charge in [0, 0.05) is 32.9 Å². The van der Waals surface area contributed by atoms with E-state index < -0.39 is 0 Å². The van der Waals surface area contributed by atoms with Gasteiger partial charge in [-0.05, 0) is 55.0 Å². The molecular weight excluding hydrogens is 477 g/mol. The van der Waals surface area contributed by atoms with E-state index in [2.05, 4.69) is 45.0 Å². The van der Waals surface area contributed by atoms with E-state index in [0.717, 1.165) is 56.4 Å². The molecule has 0 aliphatic carbocycles. The number of anilines is 1. The fourth-order valence-electron chi connectivity index (χ4n) is 2.87. The van der Waals surface area contributed by atoms with Gasteiger partial charge in [0.25, 0.3) is 0 Å². The van der Waals surface area contributed by atoms with Gasteiger partial charge in [-0.3, -0.25) is 4.99 Å². The molecule has 0 bridgehead atoms. The summed E-state index contributed by atoms with van der Waals surface area (Å²) in [5.41, 5.74) is 1.32. The number of ether oxygens (including phenoxy) is 1. The Hall–Kier alpha value is -2.03. The number of halogens is 1. The van der Waals surface area contributed by atoms with Crippen molar-refractivity contribution in [1.29, 1.82) is 0 Å². The van der Waals surface area contributed by atoms with E-state index in [1.165, 1.54) is 5.56 Å². The van der Waals surface area contributed by atoms with Crippen LogP contribution in [0.4, 0.5) is 5.82 Å². The molecule has 0 spiro atoms. The Balaban J connectivity index is 0.00000420. The lowest BCUT2D eigenvalue weighted by atomic mass is 9.98. The molecule has 2 aromatic rings. The minimum Gasteiger partial charge on any atom is -0.497 e. The van der Waals surface area contributed by atoms with Gasteiger partial charge in [0.1, 0.15) is 11.6 Å². The fourth-order valence-corrected chi connectivity index (χ4v) is 2.87. The molecule has 6 nitrogen and oxygen atoms in total. The summed E-state index contributed by atoms with van der Waals surface area (Å²) in [4.78, 5) is 8.55. The van der Waals surface area contributed by atoms with Crippen LogP contribution in [0.3, 0.4) is 0 Å². The van der Waals surface area contributed by atoms with Crippen molar-refractivity contribution in [2.45, 2.75) is 32.1 Å². The highest BCUT2D eigenvalue weighted by Crippen LogP contribution is 2.21. The Morgan fingerprint density at radius 2 is 1.76 bits per heavy atom. The molecule has 1 atom stereocenters. The average Bonchev–Trinajstić information content (AvgIpc) is 2.75. The van der Waals surface area contributed by atoms with Gasteiger partial charge in [-0.15, -0.1) is 24.0 Å². The summed E-state index contributed by atoms with van der Waals surface area (Å²) in [6.07, 6.45) is 4.99. The van der Waals surface area contributed by atoms with Crippen molar-refractivity contribution in [3.63, 3.8) is 0 Å². The average molecular weight is 511 g/mol. The highest BCUT2D eigenvalue weighted by molar-refractivity contribution is 14.0. The van der Waals surface area contributed by atoms with E-state index in [4.69, 9.17) is 4.74 Å². The van der Waals surface area contributed by atoms with Gasteiger partial charge in [-0.1, -0.05) is 25.1 Å². The Morgan fingerprint density at radius 3 is 2.41 bits per heavy atom. The Morgan fingerprint density at radius 1 is 1.03 bits per heavy atom. The maximum Gasteiger partial charge on any atom is 0.190 e. The second kappa shape index (κ2) is 14.9. The van der Waals surface area contributed by atoms with Crippen molar-refractivity contribution in [2.24, 2.45) is 4.99 Å². The van der Waals surface area contributed by atoms with Crippen LogP contribution in [0.1, 0.15) is 37.7 Å². The summed E-state index contributed by atoms with van der Waals surface area (Å²) in [6, 6.07) is 14.2. The number of unbranched alkanes of at least 4 members (excludes halogenated alkanes) is 1. The number of rotatable bonds is 11. The molecule has 0 saturated carbocycles. The molecule has 7 heteroatoms. The standard InChI is InChI=1S/C22H33N5O.HI/c1-18(19-9-11-20(28-3)12-10-19)13-17-27-22(23-2)26-16-7-6-15-25-21-8-4-5-14-24-21;/h4-5,8-12,14,18H,6-7,13,15-17H2,1-3H3,(H,24,25)(H2,23,26,27);1H. The lowest BCUT2D eigenvalue weighted by molar-refractivity contribution is 0.414. The third-order valence-corrected chi connectivity index (χ3v) is 4.65. The molecule has 1 heterocycles. The first-order valence-electron chi connectivity index (χ1n) is 9.96.